The van der Waals surface area contributed by atoms with Crippen molar-refractivity contribution in [3.63, 3.8) is 0 Å². The minimum atomic E-state index is -0.446. The van der Waals surface area contributed by atoms with Crippen molar-refractivity contribution in [1.29, 1.82) is 0 Å². The Labute approximate surface area is 73.2 Å². The van der Waals surface area contributed by atoms with Crippen molar-refractivity contribution in [1.82, 2.24) is 0 Å². The first-order valence-corrected chi connectivity index (χ1v) is 4.29. The van der Waals surface area contributed by atoms with E-state index in [1.807, 2.05) is 13.0 Å². The van der Waals surface area contributed by atoms with Gasteiger partial charge in [-0.2, -0.15) is 0 Å². The van der Waals surface area contributed by atoms with Crippen LogP contribution in [0.15, 0.2) is 23.8 Å². The van der Waals surface area contributed by atoms with Gasteiger partial charge in [-0.25, -0.2) is 0 Å². The van der Waals surface area contributed by atoms with Crippen molar-refractivity contribution >= 4 is 0 Å². The van der Waals surface area contributed by atoms with Gasteiger partial charge in [-0.3, -0.25) is 0 Å². The molecule has 2 nitrogen and oxygen atoms in total. The van der Waals surface area contributed by atoms with Crippen molar-refractivity contribution < 1.29 is 10.2 Å². The smallest absolute Gasteiger partial charge is 0.0789 e. The van der Waals surface area contributed by atoms with E-state index in [9.17, 15) is 5.11 Å². The average molecular weight is 168 g/mol. The first-order valence-electron chi connectivity index (χ1n) is 4.29. The van der Waals surface area contributed by atoms with Crippen molar-refractivity contribution in [3.8, 4) is 0 Å². The first kappa shape index (κ1) is 9.49. The van der Waals surface area contributed by atoms with Crippen LogP contribution in [0, 0.1) is 5.92 Å². The van der Waals surface area contributed by atoms with E-state index < -0.39 is 6.10 Å². The second kappa shape index (κ2) is 3.87. The van der Waals surface area contributed by atoms with Gasteiger partial charge in [-0.05, 0) is 25.3 Å². The maximum Gasteiger partial charge on any atom is 0.0789 e. The predicted octanol–water partition coefficient (Wildman–Crippen LogP) is 1.25. The molecule has 0 bridgehead atoms. The molecule has 2 heteroatoms. The molecular weight excluding hydrogens is 152 g/mol. The van der Waals surface area contributed by atoms with Gasteiger partial charge in [0.15, 0.2) is 0 Å². The molecule has 1 aliphatic rings. The Morgan fingerprint density at radius 3 is 2.92 bits per heavy atom. The molecule has 2 atom stereocenters. The molecule has 1 aliphatic carbocycles. The van der Waals surface area contributed by atoms with Gasteiger partial charge in [0.1, 0.15) is 0 Å². The molecular formula is C10H16O2. The number of hydrogen-bond donors (Lipinski definition) is 2. The van der Waals surface area contributed by atoms with Crippen LogP contribution in [-0.4, -0.2) is 22.9 Å². The Morgan fingerprint density at radius 1 is 1.75 bits per heavy atom. The molecule has 68 valence electrons. The highest BCUT2D eigenvalue weighted by Crippen LogP contribution is 2.28. The Morgan fingerprint density at radius 2 is 2.42 bits per heavy atom. The summed E-state index contributed by atoms with van der Waals surface area (Å²) in [6.07, 6.45) is 3.32. The molecule has 0 amide bonds. The zero-order valence-electron chi connectivity index (χ0n) is 7.45. The Balaban J connectivity index is 2.64. The molecule has 0 saturated heterocycles. The molecule has 0 aliphatic heterocycles. The second-order valence-electron chi connectivity index (χ2n) is 3.47. The predicted molar refractivity (Wildman–Crippen MR) is 48.7 cm³/mol. The number of rotatable bonds is 2. The maximum atomic E-state index is 9.59. The third-order valence-corrected chi connectivity index (χ3v) is 2.44. The monoisotopic (exact) mass is 168 g/mol. The van der Waals surface area contributed by atoms with E-state index in [-0.39, 0.29) is 12.5 Å². The number of aliphatic hydroxyl groups excluding tert-OH is 2. The SMILES string of the molecule is C=C(CO)[C@@H]1CCC(C)=C[C@@H]1O. The molecule has 2 N–H and O–H groups in total. The van der Waals surface area contributed by atoms with Gasteiger partial charge in [0.25, 0.3) is 0 Å². The van der Waals surface area contributed by atoms with Crippen LogP contribution < -0.4 is 0 Å². The summed E-state index contributed by atoms with van der Waals surface area (Å²) in [5.41, 5.74) is 1.97. The van der Waals surface area contributed by atoms with Gasteiger partial charge in [0.05, 0.1) is 12.7 Å². The summed E-state index contributed by atoms with van der Waals surface area (Å²) in [5, 5.41) is 18.4. The molecule has 0 aromatic carbocycles. The molecule has 0 aromatic heterocycles. The fourth-order valence-corrected chi connectivity index (χ4v) is 1.61. The summed E-state index contributed by atoms with van der Waals surface area (Å²) in [5.74, 6) is 0.0544. The zero-order valence-corrected chi connectivity index (χ0v) is 7.45. The lowest BCUT2D eigenvalue weighted by Gasteiger charge is -2.26. The molecule has 0 saturated carbocycles. The van der Waals surface area contributed by atoms with Crippen molar-refractivity contribution in [2.75, 3.05) is 6.61 Å². The summed E-state index contributed by atoms with van der Waals surface area (Å²) in [4.78, 5) is 0. The average Bonchev–Trinajstić information content (AvgIpc) is 2.03. The van der Waals surface area contributed by atoms with E-state index >= 15 is 0 Å². The third kappa shape index (κ3) is 1.96. The summed E-state index contributed by atoms with van der Waals surface area (Å²) >= 11 is 0. The van der Waals surface area contributed by atoms with Gasteiger partial charge in [-0.1, -0.05) is 18.2 Å². The lowest BCUT2D eigenvalue weighted by molar-refractivity contribution is 0.148. The molecule has 0 radical (unpaired) electrons. The minimum absolute atomic E-state index is 0.0192. The fourth-order valence-electron chi connectivity index (χ4n) is 1.61. The Kier molecular flexibility index (Phi) is 3.06. The first-order chi connectivity index (χ1) is 5.65. The largest absolute Gasteiger partial charge is 0.392 e. The summed E-state index contributed by atoms with van der Waals surface area (Å²) in [6, 6.07) is 0. The summed E-state index contributed by atoms with van der Waals surface area (Å²) in [6.45, 7) is 5.73. The second-order valence-corrected chi connectivity index (χ2v) is 3.47. The Bertz CT molecular complexity index is 206. The summed E-state index contributed by atoms with van der Waals surface area (Å²) in [7, 11) is 0. The highest BCUT2D eigenvalue weighted by atomic mass is 16.3. The van der Waals surface area contributed by atoms with Crippen molar-refractivity contribution in [2.24, 2.45) is 5.92 Å². The van der Waals surface area contributed by atoms with Gasteiger partial charge < -0.3 is 10.2 Å². The van der Waals surface area contributed by atoms with E-state index in [1.54, 1.807) is 0 Å². The van der Waals surface area contributed by atoms with E-state index in [1.165, 1.54) is 5.57 Å². The van der Waals surface area contributed by atoms with Gasteiger partial charge in [0.2, 0.25) is 0 Å². The summed E-state index contributed by atoms with van der Waals surface area (Å²) < 4.78 is 0. The zero-order chi connectivity index (χ0) is 9.14. The van der Waals surface area contributed by atoms with Crippen molar-refractivity contribution in [3.05, 3.63) is 23.8 Å². The normalized spacial score (nSPS) is 29.8. The number of allylic oxidation sites excluding steroid dienone is 1. The highest BCUT2D eigenvalue weighted by Gasteiger charge is 2.23. The maximum absolute atomic E-state index is 9.59. The molecule has 12 heavy (non-hydrogen) atoms. The molecule has 0 spiro atoms. The minimum Gasteiger partial charge on any atom is -0.392 e. The van der Waals surface area contributed by atoms with Gasteiger partial charge >= 0.3 is 0 Å². The molecule has 0 fully saturated rings. The van der Waals surface area contributed by atoms with E-state index in [0.717, 1.165) is 18.4 Å². The van der Waals surface area contributed by atoms with Gasteiger partial charge in [0, 0.05) is 5.92 Å². The lowest BCUT2D eigenvalue weighted by Crippen LogP contribution is -2.24. The van der Waals surface area contributed by atoms with Crippen LogP contribution >= 0.6 is 0 Å². The standard InChI is InChI=1S/C10H16O2/c1-7-3-4-9(8(2)6-11)10(12)5-7/h5,9-12H,2-4,6H2,1H3/t9-,10-/m0/s1. The number of aliphatic hydroxyl groups is 2. The molecule has 0 unspecified atom stereocenters. The Hall–Kier alpha value is -0.600. The van der Waals surface area contributed by atoms with Crippen LogP contribution in [-0.2, 0) is 0 Å². The van der Waals surface area contributed by atoms with Crippen LogP contribution in [0.4, 0.5) is 0 Å². The quantitative estimate of drug-likeness (QED) is 0.609. The van der Waals surface area contributed by atoms with E-state index in [0.29, 0.717) is 0 Å². The third-order valence-electron chi connectivity index (χ3n) is 2.44. The lowest BCUT2D eigenvalue weighted by atomic mass is 9.83. The van der Waals surface area contributed by atoms with Crippen LogP contribution in [0.5, 0.6) is 0 Å². The van der Waals surface area contributed by atoms with Gasteiger partial charge in [-0.15, -0.1) is 0 Å². The topological polar surface area (TPSA) is 40.5 Å². The van der Waals surface area contributed by atoms with Crippen LogP contribution in [0.2, 0.25) is 0 Å². The highest BCUT2D eigenvalue weighted by molar-refractivity contribution is 5.16. The van der Waals surface area contributed by atoms with Crippen LogP contribution in [0.25, 0.3) is 0 Å². The van der Waals surface area contributed by atoms with Crippen LogP contribution in [0.1, 0.15) is 19.8 Å². The molecule has 0 heterocycles. The van der Waals surface area contributed by atoms with Crippen molar-refractivity contribution in [2.45, 2.75) is 25.9 Å². The molecule has 1 rings (SSSR count). The van der Waals surface area contributed by atoms with E-state index in [2.05, 4.69) is 6.58 Å². The van der Waals surface area contributed by atoms with E-state index in [4.69, 9.17) is 5.11 Å². The fraction of sp³-hybridized carbons (Fsp3) is 0.600. The van der Waals surface area contributed by atoms with Crippen LogP contribution in [0.3, 0.4) is 0 Å². The number of hydrogen-bond acceptors (Lipinski definition) is 2. The molecule has 0 aromatic rings.